The summed E-state index contributed by atoms with van der Waals surface area (Å²) in [5.74, 6) is -1.78. The normalized spacial score (nSPS) is 23.0. The fourth-order valence-electron chi connectivity index (χ4n) is 1.89. The predicted molar refractivity (Wildman–Crippen MR) is 57.4 cm³/mol. The molecule has 1 amide bonds. The van der Waals surface area contributed by atoms with Crippen LogP contribution in [0, 0.1) is 17.6 Å². The second-order valence-electron chi connectivity index (χ2n) is 4.36. The quantitative estimate of drug-likeness (QED) is 0.841. The van der Waals surface area contributed by atoms with Crippen LogP contribution in [0.15, 0.2) is 18.2 Å². The third-order valence-electron chi connectivity index (χ3n) is 2.89. The van der Waals surface area contributed by atoms with Crippen LogP contribution in [0.5, 0.6) is 0 Å². The fourth-order valence-corrected chi connectivity index (χ4v) is 1.89. The van der Waals surface area contributed by atoms with Gasteiger partial charge >= 0.3 is 0 Å². The van der Waals surface area contributed by atoms with Crippen LogP contribution < -0.4 is 5.32 Å². The molecule has 0 aliphatic heterocycles. The number of hydrogen-bond donors (Lipinski definition) is 2. The van der Waals surface area contributed by atoms with Gasteiger partial charge in [0.2, 0.25) is 0 Å². The molecule has 0 spiro atoms. The van der Waals surface area contributed by atoms with E-state index in [9.17, 15) is 13.6 Å². The highest BCUT2D eigenvalue weighted by molar-refractivity contribution is 5.94. The molecule has 1 aliphatic carbocycles. The first-order valence-corrected chi connectivity index (χ1v) is 5.47. The maximum Gasteiger partial charge on any atom is 0.251 e. The molecule has 3 nitrogen and oxygen atoms in total. The van der Waals surface area contributed by atoms with Gasteiger partial charge in [0.05, 0.1) is 6.10 Å². The molecule has 0 saturated heterocycles. The minimum absolute atomic E-state index is 0.0256. The van der Waals surface area contributed by atoms with Crippen LogP contribution in [0.3, 0.4) is 0 Å². The minimum atomic E-state index is -0.769. The topological polar surface area (TPSA) is 49.3 Å². The Bertz CT molecular complexity index is 410. The van der Waals surface area contributed by atoms with Crippen LogP contribution in [0.2, 0.25) is 0 Å². The van der Waals surface area contributed by atoms with Crippen LogP contribution in [0.1, 0.15) is 23.2 Å². The van der Waals surface area contributed by atoms with E-state index in [2.05, 4.69) is 5.32 Å². The van der Waals surface area contributed by atoms with E-state index >= 15 is 0 Å². The Morgan fingerprint density at radius 1 is 1.29 bits per heavy atom. The summed E-state index contributed by atoms with van der Waals surface area (Å²) in [6.07, 6.45) is 1.05. The van der Waals surface area contributed by atoms with Gasteiger partial charge in [-0.15, -0.1) is 0 Å². The number of hydrogen-bond acceptors (Lipinski definition) is 2. The van der Waals surface area contributed by atoms with Gasteiger partial charge < -0.3 is 10.4 Å². The van der Waals surface area contributed by atoms with Gasteiger partial charge in [0.25, 0.3) is 5.91 Å². The van der Waals surface area contributed by atoms with Crippen molar-refractivity contribution in [3.63, 3.8) is 0 Å². The second-order valence-corrected chi connectivity index (χ2v) is 4.36. The number of amides is 1. The van der Waals surface area contributed by atoms with E-state index in [4.69, 9.17) is 5.11 Å². The number of aliphatic hydroxyl groups is 1. The molecule has 1 saturated carbocycles. The van der Waals surface area contributed by atoms with Crippen molar-refractivity contribution in [2.75, 3.05) is 6.54 Å². The van der Waals surface area contributed by atoms with Gasteiger partial charge in [0.1, 0.15) is 11.6 Å². The van der Waals surface area contributed by atoms with Gasteiger partial charge in [-0.3, -0.25) is 4.79 Å². The van der Waals surface area contributed by atoms with Crippen LogP contribution in [-0.4, -0.2) is 23.7 Å². The lowest BCUT2D eigenvalue weighted by atomic mass is 9.82. The summed E-state index contributed by atoms with van der Waals surface area (Å²) < 4.78 is 25.7. The zero-order valence-corrected chi connectivity index (χ0v) is 9.12. The van der Waals surface area contributed by atoms with E-state index in [0.717, 1.165) is 18.2 Å². The number of aliphatic hydroxyl groups excluding tert-OH is 1. The summed E-state index contributed by atoms with van der Waals surface area (Å²) in [4.78, 5) is 11.6. The highest BCUT2D eigenvalue weighted by atomic mass is 19.1. The van der Waals surface area contributed by atoms with Crippen molar-refractivity contribution in [1.29, 1.82) is 0 Å². The molecule has 0 unspecified atom stereocenters. The van der Waals surface area contributed by atoms with E-state index < -0.39 is 17.5 Å². The maximum atomic E-state index is 12.9. The number of halogens is 2. The Balaban J connectivity index is 1.90. The second kappa shape index (κ2) is 4.79. The van der Waals surface area contributed by atoms with Crippen molar-refractivity contribution >= 4 is 5.91 Å². The highest BCUT2D eigenvalue weighted by Gasteiger charge is 2.27. The number of benzene rings is 1. The van der Waals surface area contributed by atoms with Crippen molar-refractivity contribution in [3.05, 3.63) is 35.4 Å². The molecule has 2 N–H and O–H groups in total. The molecule has 0 radical (unpaired) electrons. The lowest BCUT2D eigenvalue weighted by Crippen LogP contribution is -2.38. The Labute approximate surface area is 97.5 Å². The summed E-state index contributed by atoms with van der Waals surface area (Å²) in [6, 6.07) is 2.71. The van der Waals surface area contributed by atoms with E-state index in [-0.39, 0.29) is 17.6 Å². The lowest BCUT2D eigenvalue weighted by molar-refractivity contribution is 0.0420. The number of carbonyl (C=O) groups excluding carboxylic acids is 1. The molecule has 1 aliphatic rings. The van der Waals surface area contributed by atoms with E-state index in [1.54, 1.807) is 0 Å². The monoisotopic (exact) mass is 241 g/mol. The molecule has 1 fully saturated rings. The molecule has 92 valence electrons. The highest BCUT2D eigenvalue weighted by Crippen LogP contribution is 2.26. The van der Waals surface area contributed by atoms with Gasteiger partial charge in [-0.25, -0.2) is 8.78 Å². The van der Waals surface area contributed by atoms with Crippen molar-refractivity contribution in [3.8, 4) is 0 Å². The van der Waals surface area contributed by atoms with Gasteiger partial charge in [-0.1, -0.05) is 0 Å². The summed E-state index contributed by atoms with van der Waals surface area (Å²) >= 11 is 0. The minimum Gasteiger partial charge on any atom is -0.393 e. The van der Waals surface area contributed by atoms with E-state index in [1.165, 1.54) is 0 Å². The third kappa shape index (κ3) is 3.00. The average Bonchev–Trinajstić information content (AvgIpc) is 2.21. The van der Waals surface area contributed by atoms with Gasteiger partial charge in [-0.05, 0) is 30.9 Å². The molecule has 17 heavy (non-hydrogen) atoms. The Morgan fingerprint density at radius 3 is 2.41 bits per heavy atom. The van der Waals surface area contributed by atoms with Crippen LogP contribution in [0.4, 0.5) is 8.78 Å². The summed E-state index contributed by atoms with van der Waals surface area (Å²) in [5.41, 5.74) is -0.0256. The van der Waals surface area contributed by atoms with Crippen LogP contribution >= 0.6 is 0 Å². The zero-order valence-electron chi connectivity index (χ0n) is 9.12. The van der Waals surface area contributed by atoms with Crippen molar-refractivity contribution < 1.29 is 18.7 Å². The van der Waals surface area contributed by atoms with Gasteiger partial charge in [0, 0.05) is 18.2 Å². The third-order valence-corrected chi connectivity index (χ3v) is 2.89. The van der Waals surface area contributed by atoms with Gasteiger partial charge in [0.15, 0.2) is 0 Å². The molecule has 5 heteroatoms. The van der Waals surface area contributed by atoms with E-state index in [1.807, 2.05) is 0 Å². The fraction of sp³-hybridized carbons (Fsp3) is 0.417. The van der Waals surface area contributed by atoms with Crippen LogP contribution in [0.25, 0.3) is 0 Å². The summed E-state index contributed by atoms with van der Waals surface area (Å²) in [6.45, 7) is 0.425. The Morgan fingerprint density at radius 2 is 1.88 bits per heavy atom. The molecule has 1 aromatic carbocycles. The molecular formula is C12H13F2NO2. The standard InChI is InChI=1S/C12H13F2NO2/c13-9-3-8(4-10(14)5-9)12(17)15-6-7-1-11(16)2-7/h3-5,7,11,16H,1-2,6H2,(H,15,17). The first kappa shape index (κ1) is 12.0. The predicted octanol–water partition coefficient (Wildman–Crippen LogP) is 1.47. The first-order valence-electron chi connectivity index (χ1n) is 5.47. The Hall–Kier alpha value is -1.49. The molecule has 0 aromatic heterocycles. The van der Waals surface area contributed by atoms with E-state index in [0.29, 0.717) is 19.4 Å². The first-order chi connectivity index (χ1) is 8.04. The largest absolute Gasteiger partial charge is 0.393 e. The Kier molecular flexibility index (Phi) is 3.38. The SMILES string of the molecule is O=C(NCC1CC(O)C1)c1cc(F)cc(F)c1. The molecule has 0 heterocycles. The van der Waals surface area contributed by atoms with Gasteiger partial charge in [-0.2, -0.15) is 0 Å². The van der Waals surface area contributed by atoms with Crippen molar-refractivity contribution in [1.82, 2.24) is 5.32 Å². The number of nitrogens with one attached hydrogen (secondary N) is 1. The average molecular weight is 241 g/mol. The summed E-state index contributed by atoms with van der Waals surface area (Å²) in [7, 11) is 0. The molecule has 2 rings (SSSR count). The molecule has 0 bridgehead atoms. The van der Waals surface area contributed by atoms with Crippen LogP contribution in [-0.2, 0) is 0 Å². The maximum absolute atomic E-state index is 12.9. The molecule has 0 atom stereocenters. The van der Waals surface area contributed by atoms with Crippen molar-refractivity contribution in [2.24, 2.45) is 5.92 Å². The summed E-state index contributed by atoms with van der Waals surface area (Å²) in [5, 5.41) is 11.7. The number of rotatable bonds is 3. The molecule has 1 aromatic rings. The smallest absolute Gasteiger partial charge is 0.251 e. The zero-order chi connectivity index (χ0) is 12.4. The van der Waals surface area contributed by atoms with Crippen molar-refractivity contribution in [2.45, 2.75) is 18.9 Å². The molecular weight excluding hydrogens is 228 g/mol. The lowest BCUT2D eigenvalue weighted by Gasteiger charge is -2.31. The number of carbonyl (C=O) groups is 1.